The van der Waals surface area contributed by atoms with Crippen molar-refractivity contribution in [1.82, 2.24) is 4.98 Å². The van der Waals surface area contributed by atoms with Crippen molar-refractivity contribution >= 4 is 10.9 Å². The molecule has 1 aromatic carbocycles. The van der Waals surface area contributed by atoms with Crippen LogP contribution in [-0.4, -0.2) is 11.6 Å². The standard InChI is InChI=1S/C11H11NO/c1-11(7-13-11)9-3-2-8-4-5-12-10(8)6-9/h2-6,12H,7H2,1H3. The lowest BCUT2D eigenvalue weighted by Crippen LogP contribution is -2.00. The predicted molar refractivity (Wildman–Crippen MR) is 51.6 cm³/mol. The fourth-order valence-corrected chi connectivity index (χ4v) is 1.65. The lowest BCUT2D eigenvalue weighted by atomic mass is 10.0. The van der Waals surface area contributed by atoms with Crippen LogP contribution in [-0.2, 0) is 10.3 Å². The van der Waals surface area contributed by atoms with Gasteiger partial charge in [0.15, 0.2) is 0 Å². The molecule has 0 amide bonds. The molecular formula is C11H11NO. The summed E-state index contributed by atoms with van der Waals surface area (Å²) in [5.41, 5.74) is 2.44. The Balaban J connectivity index is 2.20. The van der Waals surface area contributed by atoms with Gasteiger partial charge in [0.1, 0.15) is 5.60 Å². The van der Waals surface area contributed by atoms with Crippen molar-refractivity contribution in [2.45, 2.75) is 12.5 Å². The van der Waals surface area contributed by atoms with Gasteiger partial charge in [-0.05, 0) is 30.0 Å². The summed E-state index contributed by atoms with van der Waals surface area (Å²) in [6, 6.07) is 8.52. The minimum Gasteiger partial charge on any atom is -0.365 e. The Hall–Kier alpha value is -1.28. The average Bonchev–Trinajstić information content (AvgIpc) is 2.74. The first-order valence-corrected chi connectivity index (χ1v) is 4.50. The highest BCUT2D eigenvalue weighted by atomic mass is 16.6. The van der Waals surface area contributed by atoms with Gasteiger partial charge in [-0.1, -0.05) is 12.1 Å². The molecule has 3 rings (SSSR count). The third kappa shape index (κ3) is 0.988. The van der Waals surface area contributed by atoms with Gasteiger partial charge in [0, 0.05) is 11.7 Å². The van der Waals surface area contributed by atoms with Crippen LogP contribution in [0.1, 0.15) is 12.5 Å². The van der Waals surface area contributed by atoms with Crippen LogP contribution in [0.3, 0.4) is 0 Å². The minimum absolute atomic E-state index is 0.0146. The number of epoxide rings is 1. The van der Waals surface area contributed by atoms with Crippen molar-refractivity contribution in [2.75, 3.05) is 6.61 Å². The Labute approximate surface area is 76.5 Å². The van der Waals surface area contributed by atoms with Crippen LogP contribution in [0.15, 0.2) is 30.5 Å². The van der Waals surface area contributed by atoms with Gasteiger partial charge in [-0.25, -0.2) is 0 Å². The Morgan fingerprint density at radius 1 is 1.38 bits per heavy atom. The van der Waals surface area contributed by atoms with Gasteiger partial charge < -0.3 is 9.72 Å². The molecule has 2 aromatic rings. The lowest BCUT2D eigenvalue weighted by molar-refractivity contribution is 0.329. The molecule has 1 N–H and O–H groups in total. The molecule has 1 aliphatic rings. The monoisotopic (exact) mass is 173 g/mol. The topological polar surface area (TPSA) is 28.3 Å². The largest absolute Gasteiger partial charge is 0.365 e. The molecule has 0 bridgehead atoms. The highest BCUT2D eigenvalue weighted by molar-refractivity contribution is 5.80. The number of hydrogen-bond acceptors (Lipinski definition) is 1. The average molecular weight is 173 g/mol. The summed E-state index contributed by atoms with van der Waals surface area (Å²) < 4.78 is 5.39. The molecule has 2 heterocycles. The molecule has 1 unspecified atom stereocenters. The molecule has 1 saturated heterocycles. The first kappa shape index (κ1) is 7.15. The van der Waals surface area contributed by atoms with Crippen LogP contribution >= 0.6 is 0 Å². The van der Waals surface area contributed by atoms with Crippen LogP contribution in [0.2, 0.25) is 0 Å². The summed E-state index contributed by atoms with van der Waals surface area (Å²) in [5, 5.41) is 1.26. The second kappa shape index (κ2) is 2.15. The van der Waals surface area contributed by atoms with E-state index in [0.717, 1.165) is 6.61 Å². The van der Waals surface area contributed by atoms with E-state index in [1.807, 2.05) is 6.20 Å². The van der Waals surface area contributed by atoms with Crippen LogP contribution in [0.5, 0.6) is 0 Å². The van der Waals surface area contributed by atoms with Gasteiger partial charge in [-0.15, -0.1) is 0 Å². The summed E-state index contributed by atoms with van der Waals surface area (Å²) in [6.07, 6.45) is 1.96. The summed E-state index contributed by atoms with van der Waals surface area (Å²) >= 11 is 0. The Kier molecular flexibility index (Phi) is 1.18. The first-order chi connectivity index (χ1) is 6.28. The zero-order valence-electron chi connectivity index (χ0n) is 7.50. The maximum Gasteiger partial charge on any atom is 0.114 e. The lowest BCUT2D eigenvalue weighted by Gasteiger charge is -2.04. The van der Waals surface area contributed by atoms with Gasteiger partial charge in [0.2, 0.25) is 0 Å². The smallest absolute Gasteiger partial charge is 0.114 e. The van der Waals surface area contributed by atoms with Crippen LogP contribution in [0.25, 0.3) is 10.9 Å². The van der Waals surface area contributed by atoms with Crippen LogP contribution in [0, 0.1) is 0 Å². The maximum atomic E-state index is 5.39. The zero-order chi connectivity index (χ0) is 8.89. The molecule has 2 nitrogen and oxygen atoms in total. The molecule has 1 fully saturated rings. The second-order valence-electron chi connectivity index (χ2n) is 3.80. The van der Waals surface area contributed by atoms with E-state index in [9.17, 15) is 0 Å². The van der Waals surface area contributed by atoms with Crippen molar-refractivity contribution in [3.05, 3.63) is 36.0 Å². The summed E-state index contributed by atoms with van der Waals surface area (Å²) in [7, 11) is 0. The van der Waals surface area contributed by atoms with E-state index >= 15 is 0 Å². The molecule has 1 atom stereocenters. The molecule has 1 aliphatic heterocycles. The highest BCUT2D eigenvalue weighted by Gasteiger charge is 2.41. The molecular weight excluding hydrogens is 162 g/mol. The minimum atomic E-state index is -0.0146. The van der Waals surface area contributed by atoms with Crippen LogP contribution < -0.4 is 0 Å². The number of aromatic amines is 1. The van der Waals surface area contributed by atoms with Gasteiger partial charge >= 0.3 is 0 Å². The number of rotatable bonds is 1. The third-order valence-corrected chi connectivity index (χ3v) is 2.74. The predicted octanol–water partition coefficient (Wildman–Crippen LogP) is 2.41. The number of benzene rings is 1. The fourth-order valence-electron chi connectivity index (χ4n) is 1.65. The van der Waals surface area contributed by atoms with E-state index in [0.29, 0.717) is 0 Å². The Bertz CT molecular complexity index is 454. The summed E-state index contributed by atoms with van der Waals surface area (Å²) in [4.78, 5) is 3.20. The zero-order valence-corrected chi connectivity index (χ0v) is 7.50. The van der Waals surface area contributed by atoms with Crippen molar-refractivity contribution in [3.63, 3.8) is 0 Å². The van der Waals surface area contributed by atoms with E-state index in [4.69, 9.17) is 4.74 Å². The van der Waals surface area contributed by atoms with Crippen molar-refractivity contribution in [1.29, 1.82) is 0 Å². The second-order valence-corrected chi connectivity index (χ2v) is 3.80. The first-order valence-electron chi connectivity index (χ1n) is 4.50. The molecule has 13 heavy (non-hydrogen) atoms. The van der Waals surface area contributed by atoms with Crippen LogP contribution in [0.4, 0.5) is 0 Å². The number of H-pyrrole nitrogens is 1. The van der Waals surface area contributed by atoms with E-state index in [1.54, 1.807) is 0 Å². The van der Waals surface area contributed by atoms with Gasteiger partial charge in [-0.2, -0.15) is 0 Å². The van der Waals surface area contributed by atoms with Gasteiger partial charge in [0.25, 0.3) is 0 Å². The molecule has 0 saturated carbocycles. The van der Waals surface area contributed by atoms with Crippen molar-refractivity contribution in [2.24, 2.45) is 0 Å². The normalized spacial score (nSPS) is 26.5. The van der Waals surface area contributed by atoms with Crippen molar-refractivity contribution in [3.8, 4) is 0 Å². The summed E-state index contributed by atoms with van der Waals surface area (Å²) in [6.45, 7) is 2.97. The SMILES string of the molecule is CC1(c2ccc3cc[nH]c3c2)CO1. The van der Waals surface area contributed by atoms with Gasteiger partial charge in [-0.3, -0.25) is 0 Å². The molecule has 66 valence electrons. The molecule has 0 radical (unpaired) electrons. The maximum absolute atomic E-state index is 5.39. The highest BCUT2D eigenvalue weighted by Crippen LogP contribution is 2.38. The number of nitrogens with one attached hydrogen (secondary N) is 1. The number of fused-ring (bicyclic) bond motifs is 1. The molecule has 1 aromatic heterocycles. The molecule has 0 spiro atoms. The van der Waals surface area contributed by atoms with E-state index < -0.39 is 0 Å². The number of aromatic nitrogens is 1. The Morgan fingerprint density at radius 3 is 3.00 bits per heavy atom. The van der Waals surface area contributed by atoms with E-state index in [1.165, 1.54) is 16.5 Å². The van der Waals surface area contributed by atoms with Gasteiger partial charge in [0.05, 0.1) is 6.61 Å². The Morgan fingerprint density at radius 2 is 2.23 bits per heavy atom. The van der Waals surface area contributed by atoms with E-state index in [2.05, 4.69) is 36.2 Å². The fraction of sp³-hybridized carbons (Fsp3) is 0.273. The molecule has 2 heteroatoms. The number of ether oxygens (including phenoxy) is 1. The molecule has 0 aliphatic carbocycles. The van der Waals surface area contributed by atoms with Crippen molar-refractivity contribution < 1.29 is 4.74 Å². The summed E-state index contributed by atoms with van der Waals surface area (Å²) in [5.74, 6) is 0. The number of hydrogen-bond donors (Lipinski definition) is 1. The quantitative estimate of drug-likeness (QED) is 0.659. The third-order valence-electron chi connectivity index (χ3n) is 2.74. The van der Waals surface area contributed by atoms with E-state index in [-0.39, 0.29) is 5.60 Å².